The largest absolute Gasteiger partial charge is 0.493 e. The molecular formula is C30H40FNO. The van der Waals surface area contributed by atoms with E-state index in [-0.39, 0.29) is 0 Å². The van der Waals surface area contributed by atoms with Crippen molar-refractivity contribution in [2.75, 3.05) is 6.61 Å². The summed E-state index contributed by atoms with van der Waals surface area (Å²) in [6.45, 7) is 21.3. The summed E-state index contributed by atoms with van der Waals surface area (Å²) >= 11 is 0. The Hall–Kier alpha value is -2.42. The van der Waals surface area contributed by atoms with Gasteiger partial charge >= 0.3 is 0 Å². The van der Waals surface area contributed by atoms with Gasteiger partial charge in [0, 0.05) is 22.9 Å². The van der Waals surface area contributed by atoms with E-state index < -0.39 is 5.67 Å². The Bertz CT molecular complexity index is 1020. The fraction of sp³-hybridized carbons (Fsp3) is 0.500. The topological polar surface area (TPSA) is 22.1 Å². The minimum absolute atomic E-state index is 0.357. The zero-order valence-electron chi connectivity index (χ0n) is 21.4. The molecule has 0 radical (unpaired) electrons. The maximum Gasteiger partial charge on any atom is 0.128 e. The van der Waals surface area contributed by atoms with Gasteiger partial charge in [0.2, 0.25) is 0 Å². The Balaban J connectivity index is 2.06. The smallest absolute Gasteiger partial charge is 0.128 e. The number of rotatable bonds is 7. The van der Waals surface area contributed by atoms with Crippen LogP contribution in [0.1, 0.15) is 90.5 Å². The first kappa shape index (κ1) is 25.2. The molecule has 0 spiro atoms. The van der Waals surface area contributed by atoms with Crippen molar-refractivity contribution in [3.8, 4) is 0 Å². The van der Waals surface area contributed by atoms with Crippen molar-refractivity contribution in [3.63, 3.8) is 0 Å². The molecule has 2 aliphatic rings. The quantitative estimate of drug-likeness (QED) is 0.388. The van der Waals surface area contributed by atoms with Crippen LogP contribution in [0.4, 0.5) is 4.39 Å². The number of hydrogen-bond donors (Lipinski definition) is 0. The normalized spacial score (nSPS) is 25.1. The van der Waals surface area contributed by atoms with Gasteiger partial charge in [-0.15, -0.1) is 0 Å². The summed E-state index contributed by atoms with van der Waals surface area (Å²) in [5, 5.41) is 0. The van der Waals surface area contributed by atoms with Gasteiger partial charge in [0.25, 0.3) is 0 Å². The highest BCUT2D eigenvalue weighted by atomic mass is 19.1. The number of alkyl halides is 1. The van der Waals surface area contributed by atoms with Crippen LogP contribution >= 0.6 is 0 Å². The highest BCUT2D eigenvalue weighted by Gasteiger charge is 2.36. The molecule has 178 valence electrons. The molecule has 1 aliphatic carbocycles. The maximum absolute atomic E-state index is 14.8. The first-order valence-corrected chi connectivity index (χ1v) is 12.3. The van der Waals surface area contributed by atoms with Gasteiger partial charge in [-0.1, -0.05) is 32.2 Å². The minimum Gasteiger partial charge on any atom is -0.493 e. The molecule has 0 saturated heterocycles. The van der Waals surface area contributed by atoms with Gasteiger partial charge in [0.15, 0.2) is 0 Å². The number of hydrogen-bond acceptors (Lipinski definition) is 2. The average molecular weight is 450 g/mol. The zero-order valence-corrected chi connectivity index (χ0v) is 21.4. The Kier molecular flexibility index (Phi) is 7.82. The molecule has 1 aliphatic heterocycles. The summed E-state index contributed by atoms with van der Waals surface area (Å²) in [6.07, 6.45) is 9.60. The van der Waals surface area contributed by atoms with Crippen LogP contribution in [0.2, 0.25) is 0 Å². The fourth-order valence-corrected chi connectivity index (χ4v) is 5.56. The van der Waals surface area contributed by atoms with Gasteiger partial charge < -0.3 is 4.74 Å². The summed E-state index contributed by atoms with van der Waals surface area (Å²) < 4.78 is 20.8. The lowest BCUT2D eigenvalue weighted by molar-refractivity contribution is 0.118. The molecule has 3 rings (SSSR count). The Morgan fingerprint density at radius 3 is 2.52 bits per heavy atom. The molecule has 0 bridgehead atoms. The van der Waals surface area contributed by atoms with Crippen LogP contribution in [0.5, 0.6) is 0 Å². The Morgan fingerprint density at radius 2 is 1.97 bits per heavy atom. The number of halogens is 1. The summed E-state index contributed by atoms with van der Waals surface area (Å²) in [5.41, 5.74) is 7.86. The number of allylic oxidation sites excluding steroid dienone is 7. The molecule has 1 atom stereocenters. The molecule has 0 N–H and O–H groups in total. The van der Waals surface area contributed by atoms with E-state index in [4.69, 9.17) is 9.72 Å². The summed E-state index contributed by atoms with van der Waals surface area (Å²) in [4.78, 5) is 4.89. The second kappa shape index (κ2) is 10.2. The van der Waals surface area contributed by atoms with E-state index in [1.807, 2.05) is 20.0 Å². The summed E-state index contributed by atoms with van der Waals surface area (Å²) in [7, 11) is 0. The average Bonchev–Trinajstić information content (AvgIpc) is 2.80. The Labute approximate surface area is 200 Å². The van der Waals surface area contributed by atoms with Crippen molar-refractivity contribution in [1.29, 1.82) is 0 Å². The highest BCUT2D eigenvalue weighted by Crippen LogP contribution is 2.45. The highest BCUT2D eigenvalue weighted by molar-refractivity contribution is 5.85. The number of ether oxygens (including phenoxy) is 1. The molecule has 1 fully saturated rings. The third-order valence-corrected chi connectivity index (χ3v) is 7.71. The van der Waals surface area contributed by atoms with Gasteiger partial charge in [-0.3, -0.25) is 4.98 Å². The first-order valence-electron chi connectivity index (χ1n) is 12.3. The van der Waals surface area contributed by atoms with E-state index in [9.17, 15) is 4.39 Å². The van der Waals surface area contributed by atoms with E-state index in [1.54, 1.807) is 0 Å². The van der Waals surface area contributed by atoms with E-state index in [1.165, 1.54) is 22.8 Å². The van der Waals surface area contributed by atoms with E-state index >= 15 is 0 Å². The standard InChI is InChI=1S/C30H40FNO/c1-9-25(23-12-14-30(31,11-3)15-13-23)26(10-2)27-16-24(17-32-29(27)19(4)5)28-21(7)20(6)18-33-22(28)8/h10-11,16-17,23,25H,3-4,9,12-15,18H2,1-2,5-8H3. The molecule has 33 heavy (non-hydrogen) atoms. The van der Waals surface area contributed by atoms with Crippen LogP contribution in [0, 0.1) is 11.8 Å². The van der Waals surface area contributed by atoms with Gasteiger partial charge in [0.05, 0.1) is 5.69 Å². The first-order chi connectivity index (χ1) is 15.7. The molecule has 0 aromatic carbocycles. The van der Waals surface area contributed by atoms with Crippen molar-refractivity contribution in [3.05, 3.63) is 71.3 Å². The number of aromatic nitrogens is 1. The lowest BCUT2D eigenvalue weighted by atomic mass is 9.70. The van der Waals surface area contributed by atoms with E-state index in [0.717, 1.165) is 53.0 Å². The van der Waals surface area contributed by atoms with Crippen molar-refractivity contribution in [2.45, 2.75) is 79.3 Å². The maximum atomic E-state index is 14.8. The molecule has 1 saturated carbocycles. The molecule has 1 aromatic rings. The molecule has 0 amide bonds. The predicted molar refractivity (Wildman–Crippen MR) is 139 cm³/mol. The van der Waals surface area contributed by atoms with Crippen molar-refractivity contribution in [2.24, 2.45) is 11.8 Å². The second-order valence-electron chi connectivity index (χ2n) is 9.86. The zero-order chi connectivity index (χ0) is 24.3. The van der Waals surface area contributed by atoms with Gasteiger partial charge in [-0.25, -0.2) is 4.39 Å². The molecule has 3 heteroatoms. The summed E-state index contributed by atoms with van der Waals surface area (Å²) in [5.74, 6) is 1.75. The predicted octanol–water partition coefficient (Wildman–Crippen LogP) is 8.73. The van der Waals surface area contributed by atoms with Crippen LogP contribution in [-0.4, -0.2) is 17.3 Å². The fourth-order valence-electron chi connectivity index (χ4n) is 5.56. The monoisotopic (exact) mass is 449 g/mol. The van der Waals surface area contributed by atoms with Crippen LogP contribution in [-0.2, 0) is 4.74 Å². The van der Waals surface area contributed by atoms with Gasteiger partial charge in [-0.05, 0) is 107 Å². The molecule has 1 aromatic heterocycles. The van der Waals surface area contributed by atoms with Gasteiger partial charge in [-0.2, -0.15) is 0 Å². The van der Waals surface area contributed by atoms with E-state index in [2.05, 4.69) is 53.0 Å². The van der Waals surface area contributed by atoms with Crippen LogP contribution < -0.4 is 0 Å². The van der Waals surface area contributed by atoms with Crippen LogP contribution in [0.25, 0.3) is 16.7 Å². The molecule has 2 nitrogen and oxygen atoms in total. The lowest BCUT2D eigenvalue weighted by Gasteiger charge is -2.37. The van der Waals surface area contributed by atoms with E-state index in [0.29, 0.717) is 31.3 Å². The molecule has 2 heterocycles. The van der Waals surface area contributed by atoms with Crippen LogP contribution in [0.15, 0.2) is 54.5 Å². The third-order valence-electron chi connectivity index (χ3n) is 7.71. The SMILES string of the molecule is C=CC1(F)CCC(C(CC)C(=CC)c2cc(C3=C(C)OCC(C)=C3C)cnc2C(=C)C)CC1. The summed E-state index contributed by atoms with van der Waals surface area (Å²) in [6, 6.07) is 2.27. The number of pyridine rings is 1. The van der Waals surface area contributed by atoms with Crippen LogP contribution in [0.3, 0.4) is 0 Å². The van der Waals surface area contributed by atoms with Crippen molar-refractivity contribution in [1.82, 2.24) is 4.98 Å². The van der Waals surface area contributed by atoms with Crippen molar-refractivity contribution >= 4 is 16.7 Å². The Morgan fingerprint density at radius 1 is 1.30 bits per heavy atom. The van der Waals surface area contributed by atoms with Crippen molar-refractivity contribution < 1.29 is 9.13 Å². The molecule has 1 unspecified atom stereocenters. The third kappa shape index (κ3) is 5.08. The minimum atomic E-state index is -1.21. The number of nitrogens with zero attached hydrogens (tertiary/aromatic N) is 1. The molecular weight excluding hydrogens is 409 g/mol. The second-order valence-corrected chi connectivity index (χ2v) is 9.86. The lowest BCUT2D eigenvalue weighted by Crippen LogP contribution is -2.30. The van der Waals surface area contributed by atoms with Gasteiger partial charge in [0.1, 0.15) is 18.0 Å².